The summed E-state index contributed by atoms with van der Waals surface area (Å²) in [5.41, 5.74) is 1.35. The smallest absolute Gasteiger partial charge is 0.291 e. The molecule has 0 saturated heterocycles. The molecule has 1 aromatic carbocycles. The summed E-state index contributed by atoms with van der Waals surface area (Å²) in [4.78, 5) is 12.0. The van der Waals surface area contributed by atoms with Crippen molar-refractivity contribution in [1.29, 1.82) is 0 Å². The van der Waals surface area contributed by atoms with E-state index in [0.29, 0.717) is 10.7 Å². The number of anilines is 1. The van der Waals surface area contributed by atoms with Crippen LogP contribution in [0.1, 0.15) is 16.1 Å². The summed E-state index contributed by atoms with van der Waals surface area (Å²) < 4.78 is 30.2. The Balaban J connectivity index is 2.24. The predicted molar refractivity (Wildman–Crippen MR) is 79.1 cm³/mol. The van der Waals surface area contributed by atoms with Crippen molar-refractivity contribution in [2.45, 2.75) is 12.0 Å². The molecule has 0 bridgehead atoms. The fourth-order valence-corrected chi connectivity index (χ4v) is 2.42. The largest absolute Gasteiger partial charge is 0.438 e. The number of benzene rings is 1. The van der Waals surface area contributed by atoms with E-state index < -0.39 is 15.9 Å². The van der Waals surface area contributed by atoms with Crippen molar-refractivity contribution >= 4 is 33.2 Å². The molecule has 1 aromatic heterocycles. The van der Waals surface area contributed by atoms with Crippen LogP contribution in [-0.2, 0) is 10.0 Å². The van der Waals surface area contributed by atoms with Gasteiger partial charge in [-0.15, -0.1) is 0 Å². The number of hydrogen-bond donors (Lipinski definition) is 2. The Labute approximate surface area is 127 Å². The predicted octanol–water partition coefficient (Wildman–Crippen LogP) is 2.40. The van der Waals surface area contributed by atoms with Gasteiger partial charge in [-0.25, -0.2) is 13.1 Å². The highest BCUT2D eigenvalue weighted by atomic mass is 35.5. The topological polar surface area (TPSA) is 88.4 Å². The summed E-state index contributed by atoms with van der Waals surface area (Å²) in [6.45, 7) is 1.81. The van der Waals surface area contributed by atoms with E-state index in [0.717, 1.165) is 5.56 Å². The Kier molecular flexibility index (Phi) is 4.36. The minimum Gasteiger partial charge on any atom is -0.438 e. The molecule has 0 atom stereocenters. The maximum atomic E-state index is 12.0. The Morgan fingerprint density at radius 2 is 1.95 bits per heavy atom. The van der Waals surface area contributed by atoms with Crippen LogP contribution in [0.5, 0.6) is 0 Å². The number of amides is 1. The van der Waals surface area contributed by atoms with Crippen LogP contribution in [0, 0.1) is 6.92 Å². The molecule has 0 aliphatic carbocycles. The molecule has 0 fully saturated rings. The molecule has 1 amide bonds. The quantitative estimate of drug-likeness (QED) is 0.902. The zero-order valence-corrected chi connectivity index (χ0v) is 12.9. The van der Waals surface area contributed by atoms with Gasteiger partial charge in [0.1, 0.15) is 0 Å². The van der Waals surface area contributed by atoms with E-state index in [9.17, 15) is 13.2 Å². The van der Waals surface area contributed by atoms with Crippen LogP contribution in [0.15, 0.2) is 39.8 Å². The molecule has 0 saturated carbocycles. The molecule has 8 heteroatoms. The molecular formula is C13H13ClN2O4S. The van der Waals surface area contributed by atoms with E-state index in [1.165, 1.54) is 19.2 Å². The summed E-state index contributed by atoms with van der Waals surface area (Å²) >= 11 is 5.87. The second kappa shape index (κ2) is 5.88. The van der Waals surface area contributed by atoms with Crippen LogP contribution in [0.25, 0.3) is 0 Å². The standard InChI is InChI=1S/C13H13ClN2O4S/c1-8-3-4-9(14)7-10(8)16-13(17)11-5-6-12(20-11)21(18,19)15-2/h3-7,15H,1-2H3,(H,16,17). The van der Waals surface area contributed by atoms with Crippen molar-refractivity contribution in [2.75, 3.05) is 12.4 Å². The molecule has 112 valence electrons. The lowest BCUT2D eigenvalue weighted by atomic mass is 10.2. The average molecular weight is 329 g/mol. The van der Waals surface area contributed by atoms with Crippen LogP contribution < -0.4 is 10.0 Å². The first-order valence-corrected chi connectivity index (χ1v) is 7.80. The summed E-state index contributed by atoms with van der Waals surface area (Å²) in [6.07, 6.45) is 0. The molecule has 0 unspecified atom stereocenters. The zero-order chi connectivity index (χ0) is 15.6. The molecule has 2 aromatic rings. The minimum absolute atomic E-state index is 0.108. The highest BCUT2D eigenvalue weighted by Crippen LogP contribution is 2.21. The second-order valence-electron chi connectivity index (χ2n) is 4.24. The SMILES string of the molecule is CNS(=O)(=O)c1ccc(C(=O)Nc2cc(Cl)ccc2C)o1. The second-order valence-corrected chi connectivity index (χ2v) is 6.49. The molecule has 0 spiro atoms. The van der Waals surface area contributed by atoms with Crippen LogP contribution in [0.2, 0.25) is 5.02 Å². The van der Waals surface area contributed by atoms with Gasteiger partial charge >= 0.3 is 0 Å². The summed E-state index contributed by atoms with van der Waals surface area (Å²) in [7, 11) is -2.46. The van der Waals surface area contributed by atoms with E-state index in [2.05, 4.69) is 10.0 Å². The van der Waals surface area contributed by atoms with Gasteiger partial charge in [0.05, 0.1) is 0 Å². The fraction of sp³-hybridized carbons (Fsp3) is 0.154. The van der Waals surface area contributed by atoms with Crippen LogP contribution >= 0.6 is 11.6 Å². The van der Waals surface area contributed by atoms with Crippen molar-refractivity contribution in [2.24, 2.45) is 0 Å². The van der Waals surface area contributed by atoms with E-state index in [1.54, 1.807) is 18.2 Å². The molecule has 2 N–H and O–H groups in total. The van der Waals surface area contributed by atoms with E-state index >= 15 is 0 Å². The molecule has 0 aliphatic heterocycles. The van der Waals surface area contributed by atoms with Crippen molar-refractivity contribution in [3.63, 3.8) is 0 Å². The molecule has 1 heterocycles. The Bertz CT molecular complexity index is 783. The number of carbonyl (C=O) groups is 1. The van der Waals surface area contributed by atoms with Crippen LogP contribution in [-0.4, -0.2) is 21.4 Å². The molecule has 0 aliphatic rings. The van der Waals surface area contributed by atoms with Gasteiger partial charge < -0.3 is 9.73 Å². The lowest BCUT2D eigenvalue weighted by Gasteiger charge is -2.07. The minimum atomic E-state index is -3.72. The number of aryl methyl sites for hydroxylation is 1. The molecular weight excluding hydrogens is 316 g/mol. The number of carbonyl (C=O) groups excluding carboxylic acids is 1. The molecule has 6 nitrogen and oxygen atoms in total. The first-order valence-electron chi connectivity index (χ1n) is 5.94. The summed E-state index contributed by atoms with van der Waals surface area (Å²) in [5, 5.41) is 2.78. The van der Waals surface area contributed by atoms with Gasteiger partial charge in [-0.05, 0) is 43.8 Å². The number of sulfonamides is 1. The van der Waals surface area contributed by atoms with E-state index in [1.807, 2.05) is 6.92 Å². The van der Waals surface area contributed by atoms with Gasteiger partial charge in [-0.3, -0.25) is 4.79 Å². The normalized spacial score (nSPS) is 11.4. The highest BCUT2D eigenvalue weighted by Gasteiger charge is 2.19. The Morgan fingerprint density at radius 1 is 1.24 bits per heavy atom. The Hall–Kier alpha value is -1.83. The highest BCUT2D eigenvalue weighted by molar-refractivity contribution is 7.89. The summed E-state index contributed by atoms with van der Waals surface area (Å²) in [5.74, 6) is -0.666. The van der Waals surface area contributed by atoms with Gasteiger partial charge in [0.15, 0.2) is 5.76 Å². The van der Waals surface area contributed by atoms with E-state index in [-0.39, 0.29) is 10.9 Å². The third-order valence-corrected chi connectivity index (χ3v) is 4.31. The van der Waals surface area contributed by atoms with Gasteiger partial charge in [0.2, 0.25) is 5.09 Å². The number of nitrogens with one attached hydrogen (secondary N) is 2. The first-order chi connectivity index (χ1) is 9.83. The average Bonchev–Trinajstić information content (AvgIpc) is 2.93. The van der Waals surface area contributed by atoms with Crippen molar-refractivity contribution in [3.8, 4) is 0 Å². The Morgan fingerprint density at radius 3 is 2.62 bits per heavy atom. The van der Waals surface area contributed by atoms with E-state index in [4.69, 9.17) is 16.0 Å². The monoisotopic (exact) mass is 328 g/mol. The maximum absolute atomic E-state index is 12.0. The van der Waals surface area contributed by atoms with Gasteiger partial charge in [0, 0.05) is 10.7 Å². The van der Waals surface area contributed by atoms with Crippen molar-refractivity contribution in [1.82, 2.24) is 4.72 Å². The third-order valence-electron chi connectivity index (χ3n) is 2.79. The first kappa shape index (κ1) is 15.6. The number of rotatable bonds is 4. The molecule has 21 heavy (non-hydrogen) atoms. The van der Waals surface area contributed by atoms with Gasteiger partial charge in [-0.1, -0.05) is 17.7 Å². The number of halogens is 1. The zero-order valence-electron chi connectivity index (χ0n) is 11.3. The van der Waals surface area contributed by atoms with Gasteiger partial charge in [0.25, 0.3) is 15.9 Å². The molecule has 2 rings (SSSR count). The summed E-state index contributed by atoms with van der Waals surface area (Å²) in [6, 6.07) is 7.57. The third kappa shape index (κ3) is 3.44. The van der Waals surface area contributed by atoms with Gasteiger partial charge in [-0.2, -0.15) is 0 Å². The fourth-order valence-electron chi connectivity index (χ4n) is 1.60. The lowest BCUT2D eigenvalue weighted by molar-refractivity contribution is 0.0991. The van der Waals surface area contributed by atoms with Crippen LogP contribution in [0.4, 0.5) is 5.69 Å². The van der Waals surface area contributed by atoms with Crippen molar-refractivity contribution < 1.29 is 17.6 Å². The number of furan rings is 1. The maximum Gasteiger partial charge on any atom is 0.291 e. The lowest BCUT2D eigenvalue weighted by Crippen LogP contribution is -2.18. The number of hydrogen-bond acceptors (Lipinski definition) is 4. The van der Waals surface area contributed by atoms with Crippen molar-refractivity contribution in [3.05, 3.63) is 46.7 Å². The van der Waals surface area contributed by atoms with Crippen LogP contribution in [0.3, 0.4) is 0 Å². The molecule has 0 radical (unpaired) electrons.